The summed E-state index contributed by atoms with van der Waals surface area (Å²) in [6.45, 7) is 12.4. The molecule has 8 nitrogen and oxygen atoms in total. The van der Waals surface area contributed by atoms with Crippen molar-refractivity contribution in [3.05, 3.63) is 58.8 Å². The lowest BCUT2D eigenvalue weighted by Gasteiger charge is -2.34. The van der Waals surface area contributed by atoms with Crippen LogP contribution in [0.3, 0.4) is 0 Å². The van der Waals surface area contributed by atoms with E-state index in [-0.39, 0.29) is 11.5 Å². The molecule has 4 rings (SSSR count). The summed E-state index contributed by atoms with van der Waals surface area (Å²) >= 11 is 0. The van der Waals surface area contributed by atoms with Crippen LogP contribution in [0, 0.1) is 22.7 Å². The summed E-state index contributed by atoms with van der Waals surface area (Å²) in [5.74, 6) is 1.17. The molecule has 2 aromatic carbocycles. The molecule has 1 aliphatic rings. The molecule has 208 valence electrons. The molecule has 1 aromatic heterocycles. The van der Waals surface area contributed by atoms with Crippen molar-refractivity contribution in [2.75, 3.05) is 13.1 Å². The molecular weight excluding hydrogens is 510 g/mol. The van der Waals surface area contributed by atoms with Gasteiger partial charge >= 0.3 is 6.09 Å². The second kappa shape index (κ2) is 12.2. The van der Waals surface area contributed by atoms with Gasteiger partial charge in [0, 0.05) is 24.0 Å². The lowest BCUT2D eigenvalue weighted by molar-refractivity contribution is 0.0848. The van der Waals surface area contributed by atoms with Crippen molar-refractivity contribution in [3.8, 4) is 11.8 Å². The minimum Gasteiger partial charge on any atom is -0.489 e. The number of rotatable bonds is 9. The topological polar surface area (TPSA) is 109 Å². The summed E-state index contributed by atoms with van der Waals surface area (Å²) in [5.41, 5.74) is 4.07. The summed E-state index contributed by atoms with van der Waals surface area (Å²) < 4.78 is 18.8. The van der Waals surface area contributed by atoms with Gasteiger partial charge < -0.3 is 23.7 Å². The lowest BCUT2D eigenvalue weighted by atomic mass is 9.82. The molecule has 1 atom stereocenters. The van der Waals surface area contributed by atoms with Crippen LogP contribution in [-0.4, -0.2) is 43.4 Å². The number of aryl methyl sites for hydroxylation is 1. The molecule has 0 bridgehead atoms. The number of nitrogens with zero attached hydrogens (tertiary/aromatic N) is 3. The first-order chi connectivity index (χ1) is 18.6. The Hall–Kier alpha value is -3.35. The van der Waals surface area contributed by atoms with Crippen LogP contribution in [0.5, 0.6) is 5.75 Å². The highest BCUT2D eigenvalue weighted by atomic mass is 28.3. The van der Waals surface area contributed by atoms with Crippen LogP contribution in [0.2, 0.25) is 13.1 Å². The molecule has 0 saturated carbocycles. The summed E-state index contributed by atoms with van der Waals surface area (Å²) in [4.78, 5) is 12.7. The average molecular weight is 550 g/mol. The Bertz CT molecular complexity index is 1320. The molecule has 1 fully saturated rings. The number of hydrogen-bond donors (Lipinski definition) is 1. The third-order valence-electron chi connectivity index (χ3n) is 7.35. The van der Waals surface area contributed by atoms with Crippen molar-refractivity contribution >= 4 is 26.1 Å². The second-order valence-corrected chi connectivity index (χ2v) is 14.1. The van der Waals surface area contributed by atoms with Crippen LogP contribution >= 0.6 is 0 Å². The molecule has 1 unspecified atom stereocenters. The average Bonchev–Trinajstić information content (AvgIpc) is 3.32. The quantitative estimate of drug-likeness (QED) is 0.296. The maximum atomic E-state index is 11.2. The molecule has 1 aliphatic heterocycles. The Morgan fingerprint density at radius 3 is 2.49 bits per heavy atom. The number of carboxylic acid groups (broad SMARTS) is 1. The minimum absolute atomic E-state index is 0.181. The van der Waals surface area contributed by atoms with Gasteiger partial charge in [-0.15, -0.1) is 0 Å². The number of piperidine rings is 1. The SMILES string of the molecule is C[SiH](C)OC(c1c(COc2ccc(C#N)cc2)ccc2c(CCC3CCN(C(=O)O)CC3)noc12)C(C)(C)C. The van der Waals surface area contributed by atoms with E-state index in [0.717, 1.165) is 53.5 Å². The molecule has 1 N–H and O–H groups in total. The molecule has 39 heavy (non-hydrogen) atoms. The van der Waals surface area contributed by atoms with Crippen LogP contribution in [0.25, 0.3) is 11.0 Å². The maximum Gasteiger partial charge on any atom is 0.407 e. The lowest BCUT2D eigenvalue weighted by Crippen LogP contribution is -2.37. The first kappa shape index (κ1) is 28.6. The van der Waals surface area contributed by atoms with Crippen LogP contribution in [0.15, 0.2) is 40.9 Å². The highest BCUT2D eigenvalue weighted by Gasteiger charge is 2.33. The van der Waals surface area contributed by atoms with Gasteiger partial charge in [-0.2, -0.15) is 5.26 Å². The summed E-state index contributed by atoms with van der Waals surface area (Å²) in [6.07, 6.45) is 2.47. The van der Waals surface area contributed by atoms with E-state index in [2.05, 4.69) is 57.2 Å². The van der Waals surface area contributed by atoms with Gasteiger partial charge in [-0.1, -0.05) is 32.0 Å². The largest absolute Gasteiger partial charge is 0.489 e. The van der Waals surface area contributed by atoms with E-state index in [4.69, 9.17) is 18.9 Å². The van der Waals surface area contributed by atoms with Crippen molar-refractivity contribution in [2.45, 2.75) is 72.3 Å². The van der Waals surface area contributed by atoms with Gasteiger partial charge in [0.1, 0.15) is 12.4 Å². The monoisotopic (exact) mass is 549 g/mol. The highest BCUT2D eigenvalue weighted by Crippen LogP contribution is 2.42. The summed E-state index contributed by atoms with van der Waals surface area (Å²) in [5, 5.41) is 23.8. The van der Waals surface area contributed by atoms with E-state index >= 15 is 0 Å². The molecule has 1 saturated heterocycles. The standard InChI is InChI=1S/C30H39N3O5Si/c1-30(2,3)28(38-39(4)5)26-22(19-36-23-10-6-21(18-31)7-11-23)9-12-24-25(32-37-27(24)26)13-8-20-14-16-33(17-15-20)29(34)35/h6-7,9-12,20,28,39H,8,13-17,19H2,1-5H3,(H,34,35). The fraction of sp³-hybridized carbons (Fsp3) is 0.500. The number of nitriles is 1. The van der Waals surface area contributed by atoms with Crippen molar-refractivity contribution < 1.29 is 23.6 Å². The summed E-state index contributed by atoms with van der Waals surface area (Å²) in [7, 11) is -1.41. The maximum absolute atomic E-state index is 11.2. The van der Waals surface area contributed by atoms with Crippen LogP contribution in [0.4, 0.5) is 4.79 Å². The van der Waals surface area contributed by atoms with Gasteiger partial charge in [0.25, 0.3) is 0 Å². The van der Waals surface area contributed by atoms with E-state index in [9.17, 15) is 9.90 Å². The van der Waals surface area contributed by atoms with E-state index in [1.54, 1.807) is 12.1 Å². The van der Waals surface area contributed by atoms with Gasteiger partial charge in [-0.25, -0.2) is 4.79 Å². The Labute approximate surface area is 232 Å². The molecular formula is C30H39N3O5Si. The molecule has 2 heterocycles. The fourth-order valence-electron chi connectivity index (χ4n) is 5.23. The molecule has 0 spiro atoms. The smallest absolute Gasteiger partial charge is 0.407 e. The number of aromatic nitrogens is 1. The Kier molecular flexibility index (Phi) is 8.98. The zero-order valence-corrected chi connectivity index (χ0v) is 24.7. The van der Waals surface area contributed by atoms with Crippen molar-refractivity contribution in [3.63, 3.8) is 0 Å². The normalized spacial score (nSPS) is 15.5. The number of hydrogen-bond acceptors (Lipinski definition) is 6. The molecule has 0 radical (unpaired) electrons. The molecule has 3 aromatic rings. The van der Waals surface area contributed by atoms with Gasteiger partial charge in [-0.05, 0) is 86.0 Å². The fourth-order valence-corrected chi connectivity index (χ4v) is 6.32. The minimum atomic E-state index is -1.41. The Balaban J connectivity index is 1.62. The molecule has 0 aliphatic carbocycles. The van der Waals surface area contributed by atoms with Crippen molar-refractivity contribution in [2.24, 2.45) is 11.3 Å². The number of ether oxygens (including phenoxy) is 1. The van der Waals surface area contributed by atoms with E-state index in [1.165, 1.54) is 4.90 Å². The van der Waals surface area contributed by atoms with Crippen LogP contribution in [-0.2, 0) is 17.5 Å². The van der Waals surface area contributed by atoms with Crippen LogP contribution in [0.1, 0.15) is 68.5 Å². The Morgan fingerprint density at radius 2 is 1.90 bits per heavy atom. The third kappa shape index (κ3) is 7.00. The van der Waals surface area contributed by atoms with E-state index < -0.39 is 15.1 Å². The Morgan fingerprint density at radius 1 is 1.21 bits per heavy atom. The van der Waals surface area contributed by atoms with E-state index in [0.29, 0.717) is 36.9 Å². The molecule has 1 amide bonds. The molecule has 9 heteroatoms. The van der Waals surface area contributed by atoms with Crippen molar-refractivity contribution in [1.82, 2.24) is 10.1 Å². The zero-order valence-electron chi connectivity index (χ0n) is 23.6. The van der Waals surface area contributed by atoms with Gasteiger partial charge in [0.05, 0.1) is 23.4 Å². The van der Waals surface area contributed by atoms with E-state index in [1.807, 2.05) is 12.1 Å². The van der Waals surface area contributed by atoms with Gasteiger partial charge in [0.2, 0.25) is 0 Å². The highest BCUT2D eigenvalue weighted by molar-refractivity contribution is 6.48. The summed E-state index contributed by atoms with van der Waals surface area (Å²) in [6, 6.07) is 13.4. The van der Waals surface area contributed by atoms with Gasteiger partial charge in [0.15, 0.2) is 14.6 Å². The number of benzene rings is 2. The number of likely N-dealkylation sites (tertiary alicyclic amines) is 1. The first-order valence-electron chi connectivity index (χ1n) is 13.7. The first-order valence-corrected chi connectivity index (χ1v) is 16.5. The van der Waals surface area contributed by atoms with Gasteiger partial charge in [-0.3, -0.25) is 0 Å². The number of amides is 1. The number of carbonyl (C=O) groups is 1. The third-order valence-corrected chi connectivity index (χ3v) is 8.17. The second-order valence-electron chi connectivity index (χ2n) is 11.8. The van der Waals surface area contributed by atoms with Crippen molar-refractivity contribution in [1.29, 1.82) is 5.26 Å². The van der Waals surface area contributed by atoms with Crippen LogP contribution < -0.4 is 4.74 Å². The predicted octanol–water partition coefficient (Wildman–Crippen LogP) is 6.69. The number of fused-ring (bicyclic) bond motifs is 1. The zero-order chi connectivity index (χ0) is 28.2. The predicted molar refractivity (Wildman–Crippen MR) is 152 cm³/mol.